The highest BCUT2D eigenvalue weighted by atomic mass is 19.1. The Morgan fingerprint density at radius 1 is 1.53 bits per heavy atom. The maximum Gasteiger partial charge on any atom is 0.313 e. The zero-order valence-electron chi connectivity index (χ0n) is 9.21. The van der Waals surface area contributed by atoms with Crippen molar-refractivity contribution in [3.8, 4) is 0 Å². The van der Waals surface area contributed by atoms with Crippen molar-refractivity contribution in [1.29, 1.82) is 0 Å². The lowest BCUT2D eigenvalue weighted by Crippen LogP contribution is -2.14. The number of benzene rings is 1. The van der Waals surface area contributed by atoms with E-state index in [0.29, 0.717) is 12.0 Å². The number of hydrogen-bond acceptors (Lipinski definition) is 2. The molecule has 0 aliphatic rings. The van der Waals surface area contributed by atoms with Gasteiger partial charge in [0.2, 0.25) is 0 Å². The second kappa shape index (κ2) is 4.91. The Balaban J connectivity index is 3.11. The highest BCUT2D eigenvalue weighted by Gasteiger charge is 2.21. The molecule has 1 rings (SSSR count). The van der Waals surface area contributed by atoms with Crippen LogP contribution in [0.3, 0.4) is 0 Å². The Bertz CT molecular complexity index is 361. The van der Waals surface area contributed by atoms with E-state index in [4.69, 9.17) is 4.74 Å². The third-order valence-electron chi connectivity index (χ3n) is 2.51. The molecule has 2 nitrogen and oxygen atoms in total. The predicted octanol–water partition coefficient (Wildman–Crippen LogP) is 2.80. The summed E-state index contributed by atoms with van der Waals surface area (Å²) in [5, 5.41) is 0. The summed E-state index contributed by atoms with van der Waals surface area (Å²) in [4.78, 5) is 11.5. The van der Waals surface area contributed by atoms with Crippen molar-refractivity contribution in [2.24, 2.45) is 0 Å². The van der Waals surface area contributed by atoms with Gasteiger partial charge < -0.3 is 4.74 Å². The Morgan fingerprint density at radius 2 is 2.20 bits per heavy atom. The van der Waals surface area contributed by atoms with Gasteiger partial charge in [0.1, 0.15) is 5.82 Å². The number of carbonyl (C=O) groups excluding carboxylic acids is 1. The van der Waals surface area contributed by atoms with Crippen LogP contribution in [0.2, 0.25) is 0 Å². The quantitative estimate of drug-likeness (QED) is 0.717. The van der Waals surface area contributed by atoms with Crippen LogP contribution in [0.25, 0.3) is 0 Å². The summed E-state index contributed by atoms with van der Waals surface area (Å²) in [7, 11) is 1.35. The normalized spacial score (nSPS) is 12.3. The van der Waals surface area contributed by atoms with E-state index in [9.17, 15) is 9.18 Å². The van der Waals surface area contributed by atoms with Gasteiger partial charge in [0.25, 0.3) is 0 Å². The van der Waals surface area contributed by atoms with Crippen molar-refractivity contribution >= 4 is 5.97 Å². The Hall–Kier alpha value is -1.38. The van der Waals surface area contributed by atoms with E-state index in [1.807, 2.05) is 13.8 Å². The molecular formula is C12H15FO2. The van der Waals surface area contributed by atoms with Gasteiger partial charge in [-0.15, -0.1) is 0 Å². The minimum absolute atomic E-state index is 0.314. The van der Waals surface area contributed by atoms with Gasteiger partial charge in [-0.3, -0.25) is 4.79 Å². The minimum Gasteiger partial charge on any atom is -0.469 e. The van der Waals surface area contributed by atoms with Crippen molar-refractivity contribution in [2.75, 3.05) is 7.11 Å². The molecule has 0 heterocycles. The van der Waals surface area contributed by atoms with Crippen LogP contribution in [0, 0.1) is 12.7 Å². The molecule has 0 saturated carbocycles. The van der Waals surface area contributed by atoms with Gasteiger partial charge >= 0.3 is 5.97 Å². The molecule has 0 radical (unpaired) electrons. The van der Waals surface area contributed by atoms with E-state index in [1.54, 1.807) is 6.07 Å². The van der Waals surface area contributed by atoms with Gasteiger partial charge in [-0.25, -0.2) is 4.39 Å². The summed E-state index contributed by atoms with van der Waals surface area (Å²) in [6, 6.07) is 4.47. The number of aryl methyl sites for hydroxylation is 1. The molecule has 0 aliphatic carbocycles. The van der Waals surface area contributed by atoms with Gasteiger partial charge in [-0.2, -0.15) is 0 Å². The number of methoxy groups -OCH3 is 1. The molecule has 0 aromatic heterocycles. The standard InChI is InChI=1S/C12H15FO2/c1-4-10(12(14)15-3)11-7-9(13)6-5-8(11)2/h5-7,10H,4H2,1-3H3. The summed E-state index contributed by atoms with van der Waals surface area (Å²) in [6.07, 6.45) is 0.608. The number of carbonyl (C=O) groups is 1. The molecule has 0 spiro atoms. The second-order valence-electron chi connectivity index (χ2n) is 3.48. The topological polar surface area (TPSA) is 26.3 Å². The fourth-order valence-electron chi connectivity index (χ4n) is 1.64. The van der Waals surface area contributed by atoms with Gasteiger partial charge in [0.05, 0.1) is 13.0 Å². The van der Waals surface area contributed by atoms with E-state index in [1.165, 1.54) is 19.2 Å². The Kier molecular flexibility index (Phi) is 3.83. The lowest BCUT2D eigenvalue weighted by molar-refractivity contribution is -0.142. The van der Waals surface area contributed by atoms with E-state index >= 15 is 0 Å². The lowest BCUT2D eigenvalue weighted by Gasteiger charge is -2.15. The highest BCUT2D eigenvalue weighted by Crippen LogP contribution is 2.24. The molecule has 0 saturated heterocycles. The zero-order valence-corrected chi connectivity index (χ0v) is 9.21. The minimum atomic E-state index is -0.370. The summed E-state index contributed by atoms with van der Waals surface area (Å²) in [6.45, 7) is 3.74. The number of ether oxygens (including phenoxy) is 1. The van der Waals surface area contributed by atoms with Crippen molar-refractivity contribution in [3.05, 3.63) is 35.1 Å². The molecule has 1 atom stereocenters. The molecule has 1 aromatic carbocycles. The van der Waals surface area contributed by atoms with Crippen molar-refractivity contribution in [1.82, 2.24) is 0 Å². The molecule has 0 aliphatic heterocycles. The Morgan fingerprint density at radius 3 is 2.73 bits per heavy atom. The molecule has 3 heteroatoms. The summed E-state index contributed by atoms with van der Waals surface area (Å²) in [5.74, 6) is -1.00. The number of hydrogen-bond donors (Lipinski definition) is 0. The monoisotopic (exact) mass is 210 g/mol. The van der Waals surface area contributed by atoms with Crippen molar-refractivity contribution < 1.29 is 13.9 Å². The first-order valence-corrected chi connectivity index (χ1v) is 4.94. The van der Waals surface area contributed by atoms with Gasteiger partial charge in [-0.05, 0) is 36.6 Å². The molecule has 15 heavy (non-hydrogen) atoms. The van der Waals surface area contributed by atoms with Gasteiger partial charge in [-0.1, -0.05) is 13.0 Å². The van der Waals surface area contributed by atoms with E-state index in [2.05, 4.69) is 0 Å². The van der Waals surface area contributed by atoms with E-state index in [0.717, 1.165) is 5.56 Å². The molecule has 0 fully saturated rings. The van der Waals surface area contributed by atoms with Crippen LogP contribution in [0.1, 0.15) is 30.4 Å². The smallest absolute Gasteiger partial charge is 0.313 e. The summed E-state index contributed by atoms with van der Waals surface area (Å²) >= 11 is 0. The summed E-state index contributed by atoms with van der Waals surface area (Å²) in [5.41, 5.74) is 1.62. The van der Waals surface area contributed by atoms with E-state index < -0.39 is 0 Å². The molecular weight excluding hydrogens is 195 g/mol. The van der Waals surface area contributed by atoms with Crippen LogP contribution in [0.15, 0.2) is 18.2 Å². The third kappa shape index (κ3) is 2.55. The first-order valence-electron chi connectivity index (χ1n) is 4.94. The van der Waals surface area contributed by atoms with Gasteiger partial charge in [0.15, 0.2) is 0 Å². The number of halogens is 1. The molecule has 0 amide bonds. The van der Waals surface area contributed by atoms with Crippen LogP contribution in [-0.4, -0.2) is 13.1 Å². The first-order chi connectivity index (χ1) is 7.10. The van der Waals surface area contributed by atoms with Crippen molar-refractivity contribution in [3.63, 3.8) is 0 Å². The highest BCUT2D eigenvalue weighted by molar-refractivity contribution is 5.78. The largest absolute Gasteiger partial charge is 0.469 e. The van der Waals surface area contributed by atoms with Crippen LogP contribution in [-0.2, 0) is 9.53 Å². The molecule has 0 N–H and O–H groups in total. The maximum absolute atomic E-state index is 13.1. The maximum atomic E-state index is 13.1. The SMILES string of the molecule is CCC(C(=O)OC)c1cc(F)ccc1C. The molecule has 1 aromatic rings. The van der Waals surface area contributed by atoms with Crippen LogP contribution in [0.4, 0.5) is 4.39 Å². The molecule has 1 unspecified atom stereocenters. The fourth-order valence-corrected chi connectivity index (χ4v) is 1.64. The van der Waals surface area contributed by atoms with E-state index in [-0.39, 0.29) is 17.7 Å². The molecule has 0 bridgehead atoms. The predicted molar refractivity (Wildman–Crippen MR) is 56.2 cm³/mol. The first kappa shape index (κ1) is 11.7. The van der Waals surface area contributed by atoms with Crippen LogP contribution in [0.5, 0.6) is 0 Å². The van der Waals surface area contributed by atoms with Gasteiger partial charge in [0, 0.05) is 0 Å². The molecule has 82 valence electrons. The average Bonchev–Trinajstić information content (AvgIpc) is 2.23. The third-order valence-corrected chi connectivity index (χ3v) is 2.51. The summed E-state index contributed by atoms with van der Waals surface area (Å²) < 4.78 is 17.8. The lowest BCUT2D eigenvalue weighted by atomic mass is 9.92. The van der Waals surface area contributed by atoms with Crippen molar-refractivity contribution in [2.45, 2.75) is 26.2 Å². The number of rotatable bonds is 3. The second-order valence-corrected chi connectivity index (χ2v) is 3.48. The van der Waals surface area contributed by atoms with Crippen LogP contribution >= 0.6 is 0 Å². The number of esters is 1. The Labute approximate surface area is 89.1 Å². The zero-order chi connectivity index (χ0) is 11.4. The average molecular weight is 210 g/mol. The van der Waals surface area contributed by atoms with Crippen LogP contribution < -0.4 is 0 Å². The fraction of sp³-hybridized carbons (Fsp3) is 0.417.